The predicted octanol–water partition coefficient (Wildman–Crippen LogP) is 4.28. The predicted molar refractivity (Wildman–Crippen MR) is 275 cm³/mol. The lowest BCUT2D eigenvalue weighted by Gasteiger charge is -2.34. The van der Waals surface area contributed by atoms with Gasteiger partial charge in [-0.25, -0.2) is 4.98 Å². The summed E-state index contributed by atoms with van der Waals surface area (Å²) >= 11 is 0. The molecule has 10 N–H and O–H groups in total. The number of nitrogens with zero attached hydrogens (tertiary/aromatic N) is 8. The van der Waals surface area contributed by atoms with Crippen molar-refractivity contribution in [3.8, 4) is 5.69 Å². The molecule has 0 bridgehead atoms. The minimum atomic E-state index is -0.0154. The fourth-order valence-electron chi connectivity index (χ4n) is 8.06. The number of rotatable bonds is 19. The molecule has 16 nitrogen and oxygen atoms in total. The van der Waals surface area contributed by atoms with Crippen LogP contribution in [-0.2, 0) is 16.0 Å². The third-order valence-corrected chi connectivity index (χ3v) is 11.9. The van der Waals surface area contributed by atoms with Crippen LogP contribution in [0, 0.1) is 0 Å². The Morgan fingerprint density at radius 2 is 1.33 bits per heavy atom. The van der Waals surface area contributed by atoms with Gasteiger partial charge in [-0.15, -0.1) is 14.8 Å². The van der Waals surface area contributed by atoms with Gasteiger partial charge in [-0.2, -0.15) is 0 Å². The highest BCUT2D eigenvalue weighted by Gasteiger charge is 2.21. The fraction of sp³-hybridized carbons (Fsp3) is 0.333. The van der Waals surface area contributed by atoms with Crippen molar-refractivity contribution in [2.45, 2.75) is 33.1 Å². The van der Waals surface area contributed by atoms with E-state index in [1.807, 2.05) is 79.8 Å². The van der Waals surface area contributed by atoms with Crippen LogP contribution in [0.1, 0.15) is 37.8 Å². The number of benzene rings is 5. The number of para-hydroxylation sites is 1. The van der Waals surface area contributed by atoms with Crippen molar-refractivity contribution in [2.75, 3.05) is 100 Å². The molecule has 2 heterocycles. The number of fused-ring (bicyclic) bond motifs is 2. The smallest absolute Gasteiger partial charge is 0.239 e. The van der Waals surface area contributed by atoms with E-state index in [2.05, 4.69) is 101 Å². The number of piperazine rings is 1. The van der Waals surface area contributed by atoms with Crippen LogP contribution >= 0.6 is 0 Å². The zero-order valence-corrected chi connectivity index (χ0v) is 39.2. The van der Waals surface area contributed by atoms with Crippen molar-refractivity contribution in [3.05, 3.63) is 126 Å². The van der Waals surface area contributed by atoms with Gasteiger partial charge in [-0.05, 0) is 74.4 Å². The van der Waals surface area contributed by atoms with E-state index in [1.54, 1.807) is 0 Å². The molecule has 67 heavy (non-hydrogen) atoms. The van der Waals surface area contributed by atoms with Gasteiger partial charge in [0.2, 0.25) is 28.5 Å². The van der Waals surface area contributed by atoms with Crippen molar-refractivity contribution in [1.29, 1.82) is 0 Å². The SMILES string of the molecule is CCN(CC)c1ccc2nc3ccc(N)cc3[n+](-c3ccccc3)c2c1.CN(CCCC(=O)NCCN1CCN(CCNC(=O)Cc2ccc(/C(N)=N/N=C\N)cc2)CC1)c1ccc(N)cc1. The van der Waals surface area contributed by atoms with Gasteiger partial charge < -0.3 is 43.4 Å². The van der Waals surface area contributed by atoms with Crippen LogP contribution in [0.3, 0.4) is 0 Å². The number of aromatic nitrogens is 2. The number of hydrogen-bond donors (Lipinski definition) is 6. The molecule has 0 atom stereocenters. The molecule has 2 amide bonds. The molecule has 0 saturated carbocycles. The molecule has 0 radical (unpaired) electrons. The zero-order chi connectivity index (χ0) is 47.5. The molecule has 1 fully saturated rings. The number of nitrogens with two attached hydrogens (primary N) is 4. The van der Waals surface area contributed by atoms with E-state index in [4.69, 9.17) is 27.9 Å². The second kappa shape index (κ2) is 24.8. The molecule has 1 aliphatic rings. The molecule has 0 aliphatic carbocycles. The largest absolute Gasteiger partial charge is 0.399 e. The van der Waals surface area contributed by atoms with Crippen molar-refractivity contribution >= 4 is 68.8 Å². The molecule has 0 unspecified atom stereocenters. The quantitative estimate of drug-likeness (QED) is 0.0169. The Labute approximate surface area is 394 Å². The van der Waals surface area contributed by atoms with Gasteiger partial charge in [0.1, 0.15) is 17.4 Å². The van der Waals surface area contributed by atoms with Crippen molar-refractivity contribution < 1.29 is 14.2 Å². The number of hydrogen-bond acceptors (Lipinski definition) is 11. The van der Waals surface area contributed by atoms with E-state index in [0.717, 1.165) is 128 Å². The Morgan fingerprint density at radius 1 is 0.746 bits per heavy atom. The van der Waals surface area contributed by atoms with Crippen molar-refractivity contribution in [3.63, 3.8) is 0 Å². The Hall–Kier alpha value is -7.30. The summed E-state index contributed by atoms with van der Waals surface area (Å²) in [6, 6.07) is 37.8. The Morgan fingerprint density at radius 3 is 1.96 bits per heavy atom. The first-order chi connectivity index (χ1) is 32.5. The number of anilines is 4. The summed E-state index contributed by atoms with van der Waals surface area (Å²) < 4.78 is 2.25. The molecular weight excluding hydrogens is 841 g/mol. The van der Waals surface area contributed by atoms with Gasteiger partial charge in [0.05, 0.1) is 6.42 Å². The molecular formula is C51H67N14O2+. The summed E-state index contributed by atoms with van der Waals surface area (Å²) in [5, 5.41) is 13.4. The summed E-state index contributed by atoms with van der Waals surface area (Å²) in [6.45, 7) is 13.8. The van der Waals surface area contributed by atoms with Gasteiger partial charge >= 0.3 is 0 Å². The monoisotopic (exact) mass is 908 g/mol. The normalized spacial score (nSPS) is 13.3. The standard InChI is InChI=1S/C29H44N10O2.C22H22N4/c1-37(26-10-8-25(31)9-11-26)14-2-3-27(40)33-12-15-38-17-19-39(20-18-38)16-13-34-28(41)21-23-4-6-24(7-5-23)29(32)36-35-22-30;1-3-25(4-2)18-11-13-20-22(15-18)26(17-8-6-5-7-9-17)21-14-16(23)10-12-19(21)24-20/h4-11,22H,2-3,12-21,31H2,1H3,(H2,30,35)(H2,32,36)(H,33,40)(H,34,41);5-15,23H,3-4H2,1-2H3/p+1. The number of carbonyl (C=O) groups is 2. The van der Waals surface area contributed by atoms with Crippen molar-refractivity contribution in [2.24, 2.45) is 21.7 Å². The van der Waals surface area contributed by atoms with Crippen LogP contribution in [0.25, 0.3) is 27.8 Å². The summed E-state index contributed by atoms with van der Waals surface area (Å²) in [5.41, 5.74) is 33.3. The van der Waals surface area contributed by atoms with Crippen LogP contribution < -0.4 is 47.9 Å². The molecule has 1 aromatic heterocycles. The number of carbonyl (C=O) groups excluding carboxylic acids is 2. The number of nitrogen functional groups attached to an aromatic ring is 2. The number of amides is 2. The molecule has 1 saturated heterocycles. The molecule has 16 heteroatoms. The highest BCUT2D eigenvalue weighted by atomic mass is 16.2. The van der Waals surface area contributed by atoms with E-state index in [0.29, 0.717) is 25.9 Å². The summed E-state index contributed by atoms with van der Waals surface area (Å²) in [6.07, 6.45) is 2.68. The van der Waals surface area contributed by atoms with Gasteiger partial charge in [0.15, 0.2) is 5.84 Å². The lowest BCUT2D eigenvalue weighted by molar-refractivity contribution is -0.538. The molecule has 1 aliphatic heterocycles. The van der Waals surface area contributed by atoms with E-state index in [1.165, 1.54) is 5.69 Å². The zero-order valence-electron chi connectivity index (χ0n) is 39.2. The van der Waals surface area contributed by atoms with Crippen LogP contribution in [-0.4, -0.2) is 118 Å². The van der Waals surface area contributed by atoms with E-state index < -0.39 is 0 Å². The third kappa shape index (κ3) is 14.3. The second-order valence-electron chi connectivity index (χ2n) is 16.5. The second-order valence-corrected chi connectivity index (χ2v) is 16.5. The minimum Gasteiger partial charge on any atom is -0.399 e. The average Bonchev–Trinajstić information content (AvgIpc) is 3.34. The van der Waals surface area contributed by atoms with Gasteiger partial charge in [-0.3, -0.25) is 19.4 Å². The van der Waals surface area contributed by atoms with Gasteiger partial charge in [0, 0.05) is 138 Å². The first kappa shape index (κ1) is 49.1. The maximum absolute atomic E-state index is 12.4. The number of amidine groups is 1. The van der Waals surface area contributed by atoms with Crippen LogP contribution in [0.4, 0.5) is 22.7 Å². The summed E-state index contributed by atoms with van der Waals surface area (Å²) in [4.78, 5) is 38.7. The summed E-state index contributed by atoms with van der Waals surface area (Å²) in [7, 11) is 2.02. The Kier molecular flexibility index (Phi) is 18.2. The number of nitrogens with one attached hydrogen (secondary N) is 2. The van der Waals surface area contributed by atoms with Crippen LogP contribution in [0.5, 0.6) is 0 Å². The first-order valence-corrected chi connectivity index (χ1v) is 23.1. The molecule has 5 aromatic carbocycles. The maximum atomic E-state index is 12.4. The maximum Gasteiger partial charge on any atom is 0.239 e. The minimum absolute atomic E-state index is 0.0154. The molecule has 0 spiro atoms. The average molecular weight is 908 g/mol. The molecule has 6 aromatic rings. The molecule has 352 valence electrons. The first-order valence-electron chi connectivity index (χ1n) is 23.1. The van der Waals surface area contributed by atoms with Gasteiger partial charge in [0.25, 0.3) is 0 Å². The Balaban J connectivity index is 0.000000243. The molecule has 7 rings (SSSR count). The lowest BCUT2D eigenvalue weighted by Crippen LogP contribution is -2.50. The fourth-order valence-corrected chi connectivity index (χ4v) is 8.06. The summed E-state index contributed by atoms with van der Waals surface area (Å²) in [5.74, 6) is 0.340. The van der Waals surface area contributed by atoms with E-state index in [9.17, 15) is 9.59 Å². The van der Waals surface area contributed by atoms with Crippen LogP contribution in [0.2, 0.25) is 0 Å². The highest BCUT2D eigenvalue weighted by molar-refractivity contribution is 5.97. The lowest BCUT2D eigenvalue weighted by atomic mass is 10.1. The van der Waals surface area contributed by atoms with E-state index in [-0.39, 0.29) is 17.6 Å². The third-order valence-electron chi connectivity index (χ3n) is 11.9. The van der Waals surface area contributed by atoms with Crippen molar-refractivity contribution in [1.82, 2.24) is 25.4 Å². The highest BCUT2D eigenvalue weighted by Crippen LogP contribution is 2.24. The Bertz CT molecular complexity index is 2570. The topological polar surface area (TPSA) is 217 Å². The van der Waals surface area contributed by atoms with E-state index >= 15 is 0 Å². The van der Waals surface area contributed by atoms with Gasteiger partial charge in [-0.1, -0.05) is 42.5 Å². The van der Waals surface area contributed by atoms with Crippen LogP contribution in [0.15, 0.2) is 125 Å².